The average molecular weight is 257 g/mol. The fourth-order valence-electron chi connectivity index (χ4n) is 2.24. The molecule has 5 heteroatoms. The topological polar surface area (TPSA) is 75.6 Å². The molecule has 2 atom stereocenters. The van der Waals surface area contributed by atoms with Gasteiger partial charge in [-0.3, -0.25) is 9.59 Å². The molecule has 1 aliphatic heterocycles. The Bertz CT molecular complexity index is 287. The van der Waals surface area contributed by atoms with Gasteiger partial charge < -0.3 is 15.2 Å². The van der Waals surface area contributed by atoms with Crippen LogP contribution < -0.4 is 5.32 Å². The minimum atomic E-state index is -0.825. The van der Waals surface area contributed by atoms with Gasteiger partial charge in [-0.2, -0.15) is 0 Å². The molecule has 0 aromatic heterocycles. The molecular weight excluding hydrogens is 234 g/mol. The first kappa shape index (κ1) is 15.0. The second kappa shape index (κ2) is 7.36. The van der Waals surface area contributed by atoms with Crippen LogP contribution in [0.4, 0.5) is 0 Å². The molecule has 1 saturated heterocycles. The Kier molecular flexibility index (Phi) is 6.12. The first-order valence-corrected chi connectivity index (χ1v) is 6.58. The van der Waals surface area contributed by atoms with Gasteiger partial charge in [-0.15, -0.1) is 0 Å². The smallest absolute Gasteiger partial charge is 0.303 e. The van der Waals surface area contributed by atoms with E-state index in [0.717, 1.165) is 26.1 Å². The van der Waals surface area contributed by atoms with Gasteiger partial charge in [-0.05, 0) is 24.7 Å². The molecule has 0 aromatic rings. The van der Waals surface area contributed by atoms with Crippen LogP contribution in [0.3, 0.4) is 0 Å². The quantitative estimate of drug-likeness (QED) is 0.751. The fraction of sp³-hybridized carbons (Fsp3) is 0.846. The number of carboxylic acid groups (broad SMARTS) is 1. The lowest BCUT2D eigenvalue weighted by atomic mass is 9.86. The molecule has 0 spiro atoms. The van der Waals surface area contributed by atoms with Crippen molar-refractivity contribution in [1.82, 2.24) is 5.32 Å². The van der Waals surface area contributed by atoms with Gasteiger partial charge in [0.1, 0.15) is 0 Å². The van der Waals surface area contributed by atoms with E-state index in [9.17, 15) is 9.59 Å². The maximum atomic E-state index is 11.9. The number of ether oxygens (including phenoxy) is 1. The van der Waals surface area contributed by atoms with E-state index in [1.807, 2.05) is 13.8 Å². The lowest BCUT2D eigenvalue weighted by Gasteiger charge is -2.27. The first-order chi connectivity index (χ1) is 8.50. The molecule has 1 amide bonds. The highest BCUT2D eigenvalue weighted by molar-refractivity contribution is 5.78. The summed E-state index contributed by atoms with van der Waals surface area (Å²) in [7, 11) is 0. The van der Waals surface area contributed by atoms with E-state index in [2.05, 4.69) is 5.32 Å². The van der Waals surface area contributed by atoms with E-state index < -0.39 is 5.97 Å². The molecule has 2 N–H and O–H groups in total. The molecule has 1 heterocycles. The van der Waals surface area contributed by atoms with Crippen LogP contribution in [0.2, 0.25) is 0 Å². The Balaban J connectivity index is 2.28. The molecular formula is C13H23NO4. The Hall–Kier alpha value is -1.10. The molecule has 0 bridgehead atoms. The van der Waals surface area contributed by atoms with Crippen molar-refractivity contribution in [3.05, 3.63) is 0 Å². The van der Waals surface area contributed by atoms with Gasteiger partial charge in [-0.1, -0.05) is 13.8 Å². The fourth-order valence-corrected chi connectivity index (χ4v) is 2.24. The number of nitrogens with one attached hydrogen (secondary N) is 1. The lowest BCUT2D eigenvalue weighted by Crippen LogP contribution is -2.37. The van der Waals surface area contributed by atoms with E-state index in [-0.39, 0.29) is 24.2 Å². The van der Waals surface area contributed by atoms with Gasteiger partial charge in [0.2, 0.25) is 5.91 Å². The van der Waals surface area contributed by atoms with Crippen molar-refractivity contribution in [2.24, 2.45) is 17.8 Å². The molecule has 1 rings (SSSR count). The molecule has 0 radical (unpaired) electrons. The zero-order valence-electron chi connectivity index (χ0n) is 11.1. The Morgan fingerprint density at radius 2 is 1.94 bits per heavy atom. The van der Waals surface area contributed by atoms with E-state index in [1.165, 1.54) is 0 Å². The van der Waals surface area contributed by atoms with Crippen LogP contribution in [0.1, 0.15) is 33.1 Å². The molecule has 18 heavy (non-hydrogen) atoms. The molecule has 1 fully saturated rings. The minimum absolute atomic E-state index is 0.0223. The zero-order chi connectivity index (χ0) is 13.5. The number of carbonyl (C=O) groups is 2. The highest BCUT2D eigenvalue weighted by Gasteiger charge is 2.26. The van der Waals surface area contributed by atoms with E-state index >= 15 is 0 Å². The Morgan fingerprint density at radius 1 is 1.33 bits per heavy atom. The lowest BCUT2D eigenvalue weighted by molar-refractivity contribution is -0.138. The number of aliphatic carboxylic acids is 1. The highest BCUT2D eigenvalue weighted by Crippen LogP contribution is 2.23. The summed E-state index contributed by atoms with van der Waals surface area (Å²) in [5, 5.41) is 11.5. The number of rotatable bonds is 6. The summed E-state index contributed by atoms with van der Waals surface area (Å²) >= 11 is 0. The molecule has 2 unspecified atom stereocenters. The third-order valence-corrected chi connectivity index (χ3v) is 3.53. The monoisotopic (exact) mass is 257 g/mol. The normalized spacial score (nSPS) is 20.1. The van der Waals surface area contributed by atoms with Gasteiger partial charge in [0.25, 0.3) is 0 Å². The minimum Gasteiger partial charge on any atom is -0.481 e. The number of hydrogen-bond donors (Lipinski definition) is 2. The van der Waals surface area contributed by atoms with Crippen molar-refractivity contribution in [1.29, 1.82) is 0 Å². The number of hydrogen-bond acceptors (Lipinski definition) is 3. The standard InChI is InChI=1S/C13H23NO4/c1-9(7-12(15)16)8-14-13(17)10(2)11-3-5-18-6-4-11/h9-11H,3-8H2,1-2H3,(H,14,17)(H,15,16). The zero-order valence-corrected chi connectivity index (χ0v) is 11.1. The average Bonchev–Trinajstić information content (AvgIpc) is 2.35. The van der Waals surface area contributed by atoms with Crippen LogP contribution >= 0.6 is 0 Å². The SMILES string of the molecule is CC(CNC(=O)C(C)C1CCOCC1)CC(=O)O. The molecule has 0 aromatic carbocycles. The largest absolute Gasteiger partial charge is 0.481 e. The summed E-state index contributed by atoms with van der Waals surface area (Å²) in [6.45, 7) is 5.66. The molecule has 5 nitrogen and oxygen atoms in total. The third kappa shape index (κ3) is 5.04. The van der Waals surface area contributed by atoms with Gasteiger partial charge >= 0.3 is 5.97 Å². The third-order valence-electron chi connectivity index (χ3n) is 3.53. The van der Waals surface area contributed by atoms with E-state index in [1.54, 1.807) is 0 Å². The van der Waals surface area contributed by atoms with Crippen LogP contribution in [-0.2, 0) is 14.3 Å². The summed E-state index contributed by atoms with van der Waals surface area (Å²) in [6.07, 6.45) is 1.95. The number of carbonyl (C=O) groups excluding carboxylic acids is 1. The summed E-state index contributed by atoms with van der Waals surface area (Å²) < 4.78 is 5.27. The van der Waals surface area contributed by atoms with Crippen molar-refractivity contribution < 1.29 is 19.4 Å². The van der Waals surface area contributed by atoms with Crippen molar-refractivity contribution in [3.8, 4) is 0 Å². The van der Waals surface area contributed by atoms with Crippen molar-refractivity contribution >= 4 is 11.9 Å². The summed E-state index contributed by atoms with van der Waals surface area (Å²) in [4.78, 5) is 22.4. The van der Waals surface area contributed by atoms with Gasteiger partial charge in [0.05, 0.1) is 0 Å². The predicted octanol–water partition coefficient (Wildman–Crippen LogP) is 1.28. The second-order valence-electron chi connectivity index (χ2n) is 5.19. The predicted molar refractivity (Wildman–Crippen MR) is 67.1 cm³/mol. The summed E-state index contributed by atoms with van der Waals surface area (Å²) in [5.41, 5.74) is 0. The van der Waals surface area contributed by atoms with Crippen molar-refractivity contribution in [3.63, 3.8) is 0 Å². The summed E-state index contributed by atoms with van der Waals surface area (Å²) in [6, 6.07) is 0. The first-order valence-electron chi connectivity index (χ1n) is 6.58. The van der Waals surface area contributed by atoms with E-state index in [4.69, 9.17) is 9.84 Å². The Morgan fingerprint density at radius 3 is 2.50 bits per heavy atom. The van der Waals surface area contributed by atoms with Crippen molar-refractivity contribution in [2.75, 3.05) is 19.8 Å². The number of carboxylic acids is 1. The van der Waals surface area contributed by atoms with Gasteiger partial charge in [0, 0.05) is 32.1 Å². The maximum Gasteiger partial charge on any atom is 0.303 e. The molecule has 0 saturated carbocycles. The van der Waals surface area contributed by atoms with E-state index in [0.29, 0.717) is 12.5 Å². The summed E-state index contributed by atoms with van der Waals surface area (Å²) in [5.74, 6) is -0.471. The van der Waals surface area contributed by atoms with Gasteiger partial charge in [0.15, 0.2) is 0 Å². The van der Waals surface area contributed by atoms with Crippen molar-refractivity contribution in [2.45, 2.75) is 33.1 Å². The molecule has 104 valence electrons. The molecule has 1 aliphatic rings. The van der Waals surface area contributed by atoms with Gasteiger partial charge in [-0.25, -0.2) is 0 Å². The van der Waals surface area contributed by atoms with Crippen LogP contribution in [0.5, 0.6) is 0 Å². The van der Waals surface area contributed by atoms with Crippen LogP contribution in [0, 0.1) is 17.8 Å². The van der Waals surface area contributed by atoms with Crippen LogP contribution in [0.25, 0.3) is 0 Å². The maximum absolute atomic E-state index is 11.9. The van der Waals surface area contributed by atoms with Crippen LogP contribution in [0.15, 0.2) is 0 Å². The number of amides is 1. The van der Waals surface area contributed by atoms with Crippen LogP contribution in [-0.4, -0.2) is 36.7 Å². The second-order valence-corrected chi connectivity index (χ2v) is 5.19. The molecule has 0 aliphatic carbocycles. The Labute approximate surface area is 108 Å². The highest BCUT2D eigenvalue weighted by atomic mass is 16.5.